The van der Waals surface area contributed by atoms with Crippen molar-refractivity contribution in [2.45, 2.75) is 103 Å². The molecule has 2 aromatic rings. The second-order valence-corrected chi connectivity index (χ2v) is 12.0. The number of hydrogen-bond acceptors (Lipinski definition) is 1. The molecule has 0 spiro atoms. The fraction of sp³-hybridized carbons (Fsp3) is 0.586. The van der Waals surface area contributed by atoms with Crippen molar-refractivity contribution in [3.05, 3.63) is 64.7 Å². The summed E-state index contributed by atoms with van der Waals surface area (Å²) in [6, 6.07) is 15.9. The van der Waals surface area contributed by atoms with E-state index < -0.39 is 0 Å². The molecule has 2 aromatic carbocycles. The van der Waals surface area contributed by atoms with Crippen molar-refractivity contribution in [3.8, 4) is 0 Å². The van der Waals surface area contributed by atoms with E-state index in [-0.39, 0.29) is 16.4 Å². The minimum absolute atomic E-state index is 0.0613. The fourth-order valence-electron chi connectivity index (χ4n) is 6.15. The third kappa shape index (κ3) is 4.82. The molecule has 3 rings (SSSR count). The smallest absolute Gasteiger partial charge is 0.0414 e. The SMILES string of the molecule is CC(C)c1cccc(C(C)C)c1NC(C)(C)CC1(CCCl)CC(C)(C)c2ccccc21. The molecule has 0 heterocycles. The van der Waals surface area contributed by atoms with Crippen LogP contribution in [0, 0.1) is 0 Å². The number of benzene rings is 2. The number of anilines is 1. The molecular weight excluding hydrogens is 398 g/mol. The van der Waals surface area contributed by atoms with E-state index in [9.17, 15) is 0 Å². The Morgan fingerprint density at radius 1 is 0.903 bits per heavy atom. The summed E-state index contributed by atoms with van der Waals surface area (Å²) in [7, 11) is 0. The highest BCUT2D eigenvalue weighted by molar-refractivity contribution is 6.17. The van der Waals surface area contributed by atoms with Crippen LogP contribution in [0.15, 0.2) is 42.5 Å². The topological polar surface area (TPSA) is 12.0 Å². The Bertz CT molecular complexity index is 882. The van der Waals surface area contributed by atoms with Gasteiger partial charge in [0, 0.05) is 17.1 Å². The van der Waals surface area contributed by atoms with Gasteiger partial charge in [0.25, 0.3) is 0 Å². The molecule has 1 aliphatic rings. The summed E-state index contributed by atoms with van der Waals surface area (Å²) in [5.41, 5.74) is 7.40. The molecule has 170 valence electrons. The second-order valence-electron chi connectivity index (χ2n) is 11.6. The van der Waals surface area contributed by atoms with Crippen LogP contribution in [-0.2, 0) is 10.8 Å². The maximum absolute atomic E-state index is 6.43. The maximum atomic E-state index is 6.43. The molecule has 0 amide bonds. The maximum Gasteiger partial charge on any atom is 0.0414 e. The molecule has 0 aliphatic heterocycles. The van der Waals surface area contributed by atoms with E-state index in [2.05, 4.69) is 103 Å². The Kier molecular flexibility index (Phi) is 6.87. The third-order valence-corrected chi connectivity index (χ3v) is 7.39. The number of para-hydroxylation sites is 1. The van der Waals surface area contributed by atoms with Gasteiger partial charge in [-0.2, -0.15) is 0 Å². The molecule has 1 atom stereocenters. The van der Waals surface area contributed by atoms with E-state index in [1.165, 1.54) is 27.9 Å². The zero-order valence-electron chi connectivity index (χ0n) is 20.9. The molecule has 0 bridgehead atoms. The Balaban J connectivity index is 2.02. The van der Waals surface area contributed by atoms with Crippen LogP contribution in [0.25, 0.3) is 0 Å². The number of hydrogen-bond donors (Lipinski definition) is 1. The van der Waals surface area contributed by atoms with Gasteiger partial charge in [-0.25, -0.2) is 0 Å². The predicted molar refractivity (Wildman–Crippen MR) is 138 cm³/mol. The molecule has 0 aromatic heterocycles. The van der Waals surface area contributed by atoms with Gasteiger partial charge in [-0.15, -0.1) is 11.6 Å². The van der Waals surface area contributed by atoms with Gasteiger partial charge >= 0.3 is 0 Å². The molecule has 1 nitrogen and oxygen atoms in total. The monoisotopic (exact) mass is 439 g/mol. The van der Waals surface area contributed by atoms with Gasteiger partial charge in [-0.05, 0) is 78.0 Å². The minimum Gasteiger partial charge on any atom is -0.380 e. The van der Waals surface area contributed by atoms with Crippen LogP contribution < -0.4 is 5.32 Å². The lowest BCUT2D eigenvalue weighted by Gasteiger charge is -2.41. The standard InChI is InChI=1S/C29H42ClN/c1-20(2)22-12-11-13-23(21(3)4)26(22)31-28(7,8)19-29(16-17-30)18-27(5,6)24-14-9-10-15-25(24)29/h9-15,20-21,31H,16-19H2,1-8H3. The van der Waals surface area contributed by atoms with Crippen LogP contribution in [0.5, 0.6) is 0 Å². The van der Waals surface area contributed by atoms with Crippen molar-refractivity contribution in [1.29, 1.82) is 0 Å². The van der Waals surface area contributed by atoms with Crippen LogP contribution in [0.2, 0.25) is 0 Å². The highest BCUT2D eigenvalue weighted by Crippen LogP contribution is 2.55. The first-order valence-electron chi connectivity index (χ1n) is 12.0. The molecule has 31 heavy (non-hydrogen) atoms. The number of nitrogens with one attached hydrogen (secondary N) is 1. The van der Waals surface area contributed by atoms with E-state index in [0.717, 1.165) is 19.3 Å². The minimum atomic E-state index is -0.0613. The summed E-state index contributed by atoms with van der Waals surface area (Å²) in [6.45, 7) is 18.7. The molecule has 0 radical (unpaired) electrons. The van der Waals surface area contributed by atoms with Gasteiger partial charge in [0.2, 0.25) is 0 Å². The van der Waals surface area contributed by atoms with Crippen LogP contribution in [0.3, 0.4) is 0 Å². The number of halogens is 1. The summed E-state index contributed by atoms with van der Waals surface area (Å²) in [4.78, 5) is 0. The van der Waals surface area contributed by atoms with Crippen molar-refractivity contribution in [2.75, 3.05) is 11.2 Å². The van der Waals surface area contributed by atoms with Crippen LogP contribution in [0.4, 0.5) is 5.69 Å². The number of alkyl halides is 1. The van der Waals surface area contributed by atoms with Crippen LogP contribution >= 0.6 is 11.6 Å². The highest BCUT2D eigenvalue weighted by atomic mass is 35.5. The fourth-order valence-corrected chi connectivity index (χ4v) is 6.51. The molecule has 0 saturated carbocycles. The second kappa shape index (κ2) is 8.81. The van der Waals surface area contributed by atoms with E-state index in [1.807, 2.05) is 0 Å². The zero-order valence-corrected chi connectivity index (χ0v) is 21.7. The van der Waals surface area contributed by atoms with Crippen molar-refractivity contribution >= 4 is 17.3 Å². The van der Waals surface area contributed by atoms with Gasteiger partial charge in [-0.1, -0.05) is 84.0 Å². The van der Waals surface area contributed by atoms with Gasteiger partial charge in [0.1, 0.15) is 0 Å². The Morgan fingerprint density at radius 2 is 1.45 bits per heavy atom. The van der Waals surface area contributed by atoms with E-state index in [0.29, 0.717) is 17.7 Å². The molecule has 0 saturated heterocycles. The lowest BCUT2D eigenvalue weighted by molar-refractivity contribution is 0.274. The molecule has 2 heteroatoms. The van der Waals surface area contributed by atoms with E-state index >= 15 is 0 Å². The van der Waals surface area contributed by atoms with Crippen molar-refractivity contribution in [3.63, 3.8) is 0 Å². The lowest BCUT2D eigenvalue weighted by Crippen LogP contribution is -2.41. The van der Waals surface area contributed by atoms with Gasteiger partial charge < -0.3 is 5.32 Å². The zero-order chi connectivity index (χ0) is 23.0. The summed E-state index contributed by atoms with van der Waals surface area (Å²) in [5, 5.41) is 4.04. The molecule has 1 N–H and O–H groups in total. The summed E-state index contributed by atoms with van der Waals surface area (Å²) >= 11 is 6.43. The Labute approximate surface area is 196 Å². The van der Waals surface area contributed by atoms with Crippen LogP contribution in [0.1, 0.15) is 109 Å². The Hall–Kier alpha value is -1.47. The lowest BCUT2D eigenvalue weighted by atomic mass is 9.69. The molecule has 0 fully saturated rings. The largest absolute Gasteiger partial charge is 0.380 e. The van der Waals surface area contributed by atoms with Crippen molar-refractivity contribution < 1.29 is 0 Å². The summed E-state index contributed by atoms with van der Waals surface area (Å²) in [6.07, 6.45) is 3.24. The average molecular weight is 440 g/mol. The first-order valence-corrected chi connectivity index (χ1v) is 12.5. The number of fused-ring (bicyclic) bond motifs is 1. The third-order valence-electron chi connectivity index (χ3n) is 7.20. The number of rotatable bonds is 8. The molecule has 1 aliphatic carbocycles. The summed E-state index contributed by atoms with van der Waals surface area (Å²) < 4.78 is 0. The van der Waals surface area contributed by atoms with Crippen molar-refractivity contribution in [1.82, 2.24) is 0 Å². The first kappa shape index (κ1) is 24.2. The average Bonchev–Trinajstić information content (AvgIpc) is 2.88. The molecular formula is C29H42ClN. The van der Waals surface area contributed by atoms with Crippen LogP contribution in [-0.4, -0.2) is 11.4 Å². The van der Waals surface area contributed by atoms with E-state index in [4.69, 9.17) is 11.6 Å². The van der Waals surface area contributed by atoms with Crippen molar-refractivity contribution in [2.24, 2.45) is 0 Å². The van der Waals surface area contributed by atoms with Gasteiger partial charge in [0.05, 0.1) is 0 Å². The Morgan fingerprint density at radius 3 is 1.97 bits per heavy atom. The predicted octanol–water partition coefficient (Wildman–Crippen LogP) is 8.76. The summed E-state index contributed by atoms with van der Waals surface area (Å²) in [5.74, 6) is 1.67. The normalized spacial score (nSPS) is 20.4. The van der Waals surface area contributed by atoms with E-state index in [1.54, 1.807) is 0 Å². The van der Waals surface area contributed by atoms with Gasteiger partial charge in [0.15, 0.2) is 0 Å². The first-order chi connectivity index (χ1) is 14.4. The highest BCUT2D eigenvalue weighted by Gasteiger charge is 2.49. The molecule has 1 unspecified atom stereocenters. The quantitative estimate of drug-likeness (QED) is 0.405. The van der Waals surface area contributed by atoms with Gasteiger partial charge in [-0.3, -0.25) is 0 Å².